The summed E-state index contributed by atoms with van der Waals surface area (Å²) in [6.07, 6.45) is 0. The molecule has 0 spiro atoms. The Morgan fingerprint density at radius 3 is 2.24 bits per heavy atom. The van der Waals surface area contributed by atoms with Crippen LogP contribution in [-0.2, 0) is 15.4 Å². The number of rotatable bonds is 2. The first-order valence-corrected chi connectivity index (χ1v) is 9.30. The number of hydrogen-bond donors (Lipinski definition) is 1. The highest BCUT2D eigenvalue weighted by Gasteiger charge is 2.64. The molecule has 4 nitrogen and oxygen atoms in total. The molecule has 0 aliphatic carbocycles. The summed E-state index contributed by atoms with van der Waals surface area (Å²) in [6.45, 7) is 1.81. The molecule has 0 bridgehead atoms. The predicted octanol–water partition coefficient (Wildman–Crippen LogP) is 4.20. The zero-order valence-corrected chi connectivity index (χ0v) is 15.4. The van der Waals surface area contributed by atoms with Crippen LogP contribution < -0.4 is 4.74 Å². The molecule has 0 saturated carbocycles. The lowest BCUT2D eigenvalue weighted by Crippen LogP contribution is -2.43. The third-order valence-corrected chi connectivity index (χ3v) is 7.40. The molecule has 9 heteroatoms. The molecule has 25 heavy (non-hydrogen) atoms. The van der Waals surface area contributed by atoms with E-state index in [0.29, 0.717) is 6.07 Å². The standard InChI is InChI=1S/C16H12BrF3O4S/c1-15(21)13-12(25(22,23)16(15,2)20)4-3-11(14(13)17)24-10-6-8(18)5-9(19)7-10/h3-7,21H,1-2H3. The molecule has 2 atom stereocenters. The van der Waals surface area contributed by atoms with Crippen LogP contribution >= 0.6 is 15.9 Å². The van der Waals surface area contributed by atoms with E-state index in [1.807, 2.05) is 0 Å². The molecular formula is C16H12BrF3O4S. The van der Waals surface area contributed by atoms with Crippen LogP contribution in [0.4, 0.5) is 13.2 Å². The maximum absolute atomic E-state index is 14.8. The van der Waals surface area contributed by atoms with E-state index in [9.17, 15) is 26.7 Å². The van der Waals surface area contributed by atoms with E-state index in [1.165, 1.54) is 6.07 Å². The van der Waals surface area contributed by atoms with Gasteiger partial charge in [-0.25, -0.2) is 21.6 Å². The number of hydrogen-bond acceptors (Lipinski definition) is 4. The van der Waals surface area contributed by atoms with E-state index < -0.39 is 32.1 Å². The van der Waals surface area contributed by atoms with Crippen LogP contribution in [0.15, 0.2) is 39.7 Å². The van der Waals surface area contributed by atoms with Gasteiger partial charge in [0.1, 0.15) is 28.7 Å². The van der Waals surface area contributed by atoms with E-state index in [-0.39, 0.29) is 26.4 Å². The minimum absolute atomic E-state index is 0.0235. The van der Waals surface area contributed by atoms with Crippen LogP contribution in [0.25, 0.3) is 0 Å². The number of alkyl halides is 1. The Kier molecular flexibility index (Phi) is 3.98. The van der Waals surface area contributed by atoms with E-state index in [4.69, 9.17) is 4.74 Å². The average Bonchev–Trinajstić information content (AvgIpc) is 2.56. The topological polar surface area (TPSA) is 63.6 Å². The molecule has 0 radical (unpaired) electrons. The minimum Gasteiger partial charge on any atom is -0.456 e. The van der Waals surface area contributed by atoms with E-state index >= 15 is 0 Å². The van der Waals surface area contributed by atoms with Crippen molar-refractivity contribution in [2.45, 2.75) is 29.3 Å². The van der Waals surface area contributed by atoms with Crippen LogP contribution in [0, 0.1) is 11.6 Å². The smallest absolute Gasteiger partial charge is 0.244 e. The Hall–Kier alpha value is -1.58. The number of aliphatic hydroxyl groups is 1. The maximum atomic E-state index is 14.8. The van der Waals surface area contributed by atoms with E-state index in [1.54, 1.807) is 0 Å². The summed E-state index contributed by atoms with van der Waals surface area (Å²) in [5, 5.41) is 7.56. The zero-order valence-electron chi connectivity index (χ0n) is 13.0. The van der Waals surface area contributed by atoms with Crippen molar-refractivity contribution < 1.29 is 31.4 Å². The summed E-state index contributed by atoms with van der Waals surface area (Å²) < 4.78 is 71.4. The molecule has 2 aromatic rings. The summed E-state index contributed by atoms with van der Waals surface area (Å²) >= 11 is 3.10. The monoisotopic (exact) mass is 436 g/mol. The fraction of sp³-hybridized carbons (Fsp3) is 0.250. The molecule has 0 aromatic heterocycles. The van der Waals surface area contributed by atoms with Crippen molar-refractivity contribution in [2.24, 2.45) is 0 Å². The van der Waals surface area contributed by atoms with Crippen molar-refractivity contribution in [3.05, 3.63) is 52.0 Å². The third-order valence-electron chi connectivity index (χ3n) is 4.28. The third kappa shape index (κ3) is 2.48. The Labute approximate surface area is 150 Å². The van der Waals surface area contributed by atoms with Crippen molar-refractivity contribution in [1.29, 1.82) is 0 Å². The fourth-order valence-corrected chi connectivity index (χ4v) is 5.50. The lowest BCUT2D eigenvalue weighted by molar-refractivity contribution is -0.0357. The highest BCUT2D eigenvalue weighted by Crippen LogP contribution is 2.55. The molecule has 2 aromatic carbocycles. The predicted molar refractivity (Wildman–Crippen MR) is 86.8 cm³/mol. The Morgan fingerprint density at radius 1 is 1.12 bits per heavy atom. The first-order valence-electron chi connectivity index (χ1n) is 7.02. The van der Waals surface area contributed by atoms with Gasteiger partial charge in [-0.1, -0.05) is 0 Å². The van der Waals surface area contributed by atoms with Crippen LogP contribution in [-0.4, -0.2) is 18.5 Å². The van der Waals surface area contributed by atoms with Gasteiger partial charge in [-0.15, -0.1) is 0 Å². The molecule has 0 amide bonds. The SMILES string of the molecule is CC1(O)c2c(ccc(Oc3cc(F)cc(F)c3)c2Br)S(=O)(=O)C1(C)F. The lowest BCUT2D eigenvalue weighted by Gasteiger charge is -2.28. The normalized spacial score (nSPS) is 27.2. The molecule has 1 heterocycles. The number of fused-ring (bicyclic) bond motifs is 1. The van der Waals surface area contributed by atoms with Crippen molar-refractivity contribution >= 4 is 25.8 Å². The number of sulfone groups is 1. The molecule has 134 valence electrons. The number of benzene rings is 2. The summed E-state index contributed by atoms with van der Waals surface area (Å²) in [7, 11) is -4.44. The van der Waals surface area contributed by atoms with Gasteiger partial charge in [-0.3, -0.25) is 0 Å². The van der Waals surface area contributed by atoms with Gasteiger partial charge in [0.05, 0.1) is 9.37 Å². The number of halogens is 4. The van der Waals surface area contributed by atoms with Gasteiger partial charge in [0.15, 0.2) is 0 Å². The fourth-order valence-electron chi connectivity index (χ4n) is 2.70. The molecule has 1 N–H and O–H groups in total. The van der Waals surface area contributed by atoms with Crippen LogP contribution in [0.5, 0.6) is 11.5 Å². The van der Waals surface area contributed by atoms with Crippen molar-refractivity contribution in [1.82, 2.24) is 0 Å². The van der Waals surface area contributed by atoms with Gasteiger partial charge in [0.2, 0.25) is 14.8 Å². The lowest BCUT2D eigenvalue weighted by atomic mass is 9.91. The second kappa shape index (κ2) is 5.46. The van der Waals surface area contributed by atoms with E-state index in [2.05, 4.69) is 15.9 Å². The Bertz CT molecular complexity index is 967. The minimum atomic E-state index is -4.44. The second-order valence-electron chi connectivity index (χ2n) is 5.95. The summed E-state index contributed by atoms with van der Waals surface area (Å²) in [5.41, 5.74) is -2.57. The van der Waals surface area contributed by atoms with Crippen molar-refractivity contribution in [3.8, 4) is 11.5 Å². The summed E-state index contributed by atoms with van der Waals surface area (Å²) in [6, 6.07) is 4.81. The van der Waals surface area contributed by atoms with Crippen molar-refractivity contribution in [3.63, 3.8) is 0 Å². The van der Waals surface area contributed by atoms with Gasteiger partial charge < -0.3 is 9.84 Å². The largest absolute Gasteiger partial charge is 0.456 e. The Balaban J connectivity index is 2.17. The molecule has 1 aliphatic rings. The molecular weight excluding hydrogens is 425 g/mol. The first-order chi connectivity index (χ1) is 11.4. The van der Waals surface area contributed by atoms with Gasteiger partial charge in [-0.2, -0.15) is 0 Å². The molecule has 1 aliphatic heterocycles. The van der Waals surface area contributed by atoms with Gasteiger partial charge in [0.25, 0.3) is 0 Å². The van der Waals surface area contributed by atoms with Crippen LogP contribution in [0.2, 0.25) is 0 Å². The number of ether oxygens (including phenoxy) is 1. The molecule has 0 fully saturated rings. The molecule has 0 saturated heterocycles. The average molecular weight is 437 g/mol. The van der Waals surface area contributed by atoms with E-state index in [0.717, 1.165) is 32.0 Å². The zero-order chi connectivity index (χ0) is 18.8. The van der Waals surface area contributed by atoms with Crippen LogP contribution in [0.1, 0.15) is 19.4 Å². The summed E-state index contributed by atoms with van der Waals surface area (Å²) in [5.74, 6) is -1.94. The molecule has 3 rings (SSSR count). The summed E-state index contributed by atoms with van der Waals surface area (Å²) in [4.78, 5) is -0.382. The van der Waals surface area contributed by atoms with Crippen LogP contribution in [0.3, 0.4) is 0 Å². The quantitative estimate of drug-likeness (QED) is 0.765. The maximum Gasteiger partial charge on any atom is 0.244 e. The van der Waals surface area contributed by atoms with Gasteiger partial charge in [-0.05, 0) is 41.9 Å². The highest BCUT2D eigenvalue weighted by molar-refractivity contribution is 9.10. The van der Waals surface area contributed by atoms with Gasteiger partial charge >= 0.3 is 0 Å². The van der Waals surface area contributed by atoms with Gasteiger partial charge in [0, 0.05) is 23.8 Å². The highest BCUT2D eigenvalue weighted by atomic mass is 79.9. The Morgan fingerprint density at radius 2 is 1.68 bits per heavy atom. The first kappa shape index (κ1) is 18.2. The molecule has 2 unspecified atom stereocenters. The van der Waals surface area contributed by atoms with Crippen molar-refractivity contribution in [2.75, 3.05) is 0 Å². The second-order valence-corrected chi connectivity index (χ2v) is 8.96.